The van der Waals surface area contributed by atoms with E-state index in [1.54, 1.807) is 0 Å². The van der Waals surface area contributed by atoms with Crippen molar-refractivity contribution in [1.82, 2.24) is 15.6 Å². The quantitative estimate of drug-likeness (QED) is 0.334. The van der Waals surface area contributed by atoms with Crippen molar-refractivity contribution in [3.63, 3.8) is 0 Å². The number of rotatable bonds is 6. The molecule has 6 nitrogen and oxygen atoms in total. The third-order valence-corrected chi connectivity index (χ3v) is 5.93. The van der Waals surface area contributed by atoms with E-state index < -0.39 is 0 Å². The van der Waals surface area contributed by atoms with Gasteiger partial charge in [0.2, 0.25) is 0 Å². The van der Waals surface area contributed by atoms with Crippen molar-refractivity contribution < 1.29 is 0 Å². The van der Waals surface area contributed by atoms with Crippen LogP contribution >= 0.6 is 24.0 Å². The van der Waals surface area contributed by atoms with Crippen LogP contribution in [-0.4, -0.2) is 49.7 Å². The second kappa shape index (κ2) is 11.5. The van der Waals surface area contributed by atoms with Crippen molar-refractivity contribution in [3.05, 3.63) is 53.7 Å². The van der Waals surface area contributed by atoms with Gasteiger partial charge in [0.25, 0.3) is 0 Å². The first-order valence-electron chi connectivity index (χ1n) is 11.3. The molecule has 2 fully saturated rings. The van der Waals surface area contributed by atoms with E-state index in [4.69, 9.17) is 4.99 Å². The lowest BCUT2D eigenvalue weighted by molar-refractivity contribution is 0.649. The van der Waals surface area contributed by atoms with Crippen molar-refractivity contribution in [1.29, 1.82) is 0 Å². The SMILES string of the molecule is CCNC(=NCc1ccnc(N2CCCC2)c1)NC1CCN(c2ccc(C)cc2)C1.I. The summed E-state index contributed by atoms with van der Waals surface area (Å²) in [5.41, 5.74) is 3.81. The number of hydrogen-bond donors (Lipinski definition) is 2. The lowest BCUT2D eigenvalue weighted by Gasteiger charge is -2.20. The van der Waals surface area contributed by atoms with Crippen LogP contribution in [0.1, 0.15) is 37.3 Å². The zero-order valence-corrected chi connectivity index (χ0v) is 21.0. The van der Waals surface area contributed by atoms with Gasteiger partial charge in [0.05, 0.1) is 6.54 Å². The molecule has 3 heterocycles. The minimum absolute atomic E-state index is 0. The summed E-state index contributed by atoms with van der Waals surface area (Å²) in [7, 11) is 0. The Morgan fingerprint density at radius 3 is 2.61 bits per heavy atom. The molecule has 2 saturated heterocycles. The van der Waals surface area contributed by atoms with Crippen LogP contribution in [0.15, 0.2) is 47.6 Å². The molecule has 0 aliphatic carbocycles. The summed E-state index contributed by atoms with van der Waals surface area (Å²) in [6, 6.07) is 13.5. The average molecular weight is 534 g/mol. The summed E-state index contributed by atoms with van der Waals surface area (Å²) in [5.74, 6) is 1.98. The Morgan fingerprint density at radius 2 is 1.87 bits per heavy atom. The van der Waals surface area contributed by atoms with Gasteiger partial charge in [-0.05, 0) is 62.9 Å². The Labute approximate surface area is 203 Å². The molecular weight excluding hydrogens is 499 g/mol. The second-order valence-corrected chi connectivity index (χ2v) is 8.32. The third-order valence-electron chi connectivity index (χ3n) is 5.93. The van der Waals surface area contributed by atoms with Crippen LogP contribution in [-0.2, 0) is 6.54 Å². The van der Waals surface area contributed by atoms with Crippen molar-refractivity contribution in [2.45, 2.75) is 45.7 Å². The molecule has 0 radical (unpaired) electrons. The molecule has 2 aliphatic rings. The molecule has 2 aromatic rings. The first kappa shape index (κ1) is 23.6. The number of pyridine rings is 1. The number of aromatic nitrogens is 1. The smallest absolute Gasteiger partial charge is 0.191 e. The van der Waals surface area contributed by atoms with E-state index in [-0.39, 0.29) is 24.0 Å². The first-order chi connectivity index (χ1) is 14.7. The number of guanidine groups is 1. The van der Waals surface area contributed by atoms with Crippen LogP contribution in [0.4, 0.5) is 11.5 Å². The van der Waals surface area contributed by atoms with Crippen LogP contribution in [0.25, 0.3) is 0 Å². The van der Waals surface area contributed by atoms with Crippen LogP contribution < -0.4 is 20.4 Å². The van der Waals surface area contributed by atoms with Crippen molar-refractivity contribution in [2.75, 3.05) is 42.5 Å². The van der Waals surface area contributed by atoms with Crippen LogP contribution in [0.5, 0.6) is 0 Å². The first-order valence-corrected chi connectivity index (χ1v) is 11.3. The zero-order chi connectivity index (χ0) is 20.8. The number of aliphatic imine (C=N–C) groups is 1. The normalized spacial score (nSPS) is 18.8. The van der Waals surface area contributed by atoms with Gasteiger partial charge >= 0.3 is 0 Å². The topological polar surface area (TPSA) is 55.8 Å². The summed E-state index contributed by atoms with van der Waals surface area (Å²) in [6.45, 7) is 10.1. The number of aryl methyl sites for hydroxylation is 1. The molecule has 0 saturated carbocycles. The van der Waals surface area contributed by atoms with E-state index in [0.29, 0.717) is 12.6 Å². The third kappa shape index (κ3) is 6.48. The summed E-state index contributed by atoms with van der Waals surface area (Å²) < 4.78 is 0. The van der Waals surface area contributed by atoms with Gasteiger partial charge in [0.1, 0.15) is 5.82 Å². The average Bonchev–Trinajstić information content (AvgIpc) is 3.46. The molecule has 1 unspecified atom stereocenters. The van der Waals surface area contributed by atoms with E-state index in [9.17, 15) is 0 Å². The van der Waals surface area contributed by atoms with Gasteiger partial charge < -0.3 is 20.4 Å². The highest BCUT2D eigenvalue weighted by Gasteiger charge is 2.23. The molecule has 0 bridgehead atoms. The Morgan fingerprint density at radius 1 is 1.10 bits per heavy atom. The lowest BCUT2D eigenvalue weighted by atomic mass is 10.2. The van der Waals surface area contributed by atoms with E-state index >= 15 is 0 Å². The number of benzene rings is 1. The van der Waals surface area contributed by atoms with E-state index in [2.05, 4.69) is 75.7 Å². The second-order valence-electron chi connectivity index (χ2n) is 8.32. The molecule has 1 aromatic heterocycles. The van der Waals surface area contributed by atoms with E-state index in [0.717, 1.165) is 50.9 Å². The fraction of sp³-hybridized carbons (Fsp3) is 0.500. The molecule has 168 valence electrons. The van der Waals surface area contributed by atoms with Gasteiger partial charge in [-0.3, -0.25) is 0 Å². The summed E-state index contributed by atoms with van der Waals surface area (Å²) in [6.07, 6.45) is 5.56. The maximum absolute atomic E-state index is 4.85. The summed E-state index contributed by atoms with van der Waals surface area (Å²) >= 11 is 0. The molecule has 0 amide bonds. The molecule has 31 heavy (non-hydrogen) atoms. The van der Waals surface area contributed by atoms with Gasteiger partial charge in [-0.2, -0.15) is 0 Å². The number of nitrogens with one attached hydrogen (secondary N) is 2. The van der Waals surface area contributed by atoms with E-state index in [1.165, 1.54) is 29.7 Å². The highest BCUT2D eigenvalue weighted by Crippen LogP contribution is 2.21. The minimum atomic E-state index is 0. The van der Waals surface area contributed by atoms with Crippen molar-refractivity contribution in [2.24, 2.45) is 4.99 Å². The molecule has 0 spiro atoms. The van der Waals surface area contributed by atoms with Crippen molar-refractivity contribution in [3.8, 4) is 0 Å². The Bertz CT molecular complexity index is 847. The lowest BCUT2D eigenvalue weighted by Crippen LogP contribution is -2.44. The Kier molecular flexibility index (Phi) is 8.80. The van der Waals surface area contributed by atoms with Gasteiger partial charge in [-0.25, -0.2) is 9.98 Å². The molecule has 2 aliphatic heterocycles. The highest BCUT2D eigenvalue weighted by atomic mass is 127. The van der Waals surface area contributed by atoms with Gasteiger partial charge in [0, 0.05) is 50.6 Å². The fourth-order valence-electron chi connectivity index (χ4n) is 4.23. The largest absolute Gasteiger partial charge is 0.369 e. The van der Waals surface area contributed by atoms with Gasteiger partial charge in [-0.1, -0.05) is 17.7 Å². The van der Waals surface area contributed by atoms with Crippen molar-refractivity contribution >= 4 is 41.4 Å². The fourth-order valence-corrected chi connectivity index (χ4v) is 4.23. The van der Waals surface area contributed by atoms with Gasteiger partial charge in [-0.15, -0.1) is 24.0 Å². The van der Waals surface area contributed by atoms with Crippen LogP contribution in [0.3, 0.4) is 0 Å². The molecule has 4 rings (SSSR count). The number of nitrogens with zero attached hydrogens (tertiary/aromatic N) is 4. The Balaban J connectivity index is 0.00000272. The standard InChI is InChI=1S/C24H34N6.HI/c1-3-25-24(27-17-20-10-12-26-23(16-20)29-13-4-5-14-29)28-21-11-15-30(18-21)22-8-6-19(2)7-9-22;/h6-10,12,16,21H,3-5,11,13-15,17-18H2,1-2H3,(H2,25,27,28);1H. The monoisotopic (exact) mass is 534 g/mol. The summed E-state index contributed by atoms with van der Waals surface area (Å²) in [5, 5.41) is 7.05. The van der Waals surface area contributed by atoms with Crippen LogP contribution in [0.2, 0.25) is 0 Å². The number of hydrogen-bond acceptors (Lipinski definition) is 4. The highest BCUT2D eigenvalue weighted by molar-refractivity contribution is 14.0. The number of anilines is 2. The molecule has 1 atom stereocenters. The minimum Gasteiger partial charge on any atom is -0.369 e. The molecule has 2 N–H and O–H groups in total. The molecular formula is C24H35IN6. The van der Waals surface area contributed by atoms with Gasteiger partial charge in [0.15, 0.2) is 5.96 Å². The Hall–Kier alpha value is -2.03. The maximum atomic E-state index is 4.85. The number of halogens is 1. The zero-order valence-electron chi connectivity index (χ0n) is 18.7. The predicted octanol–water partition coefficient (Wildman–Crippen LogP) is 3.94. The predicted molar refractivity (Wildman–Crippen MR) is 141 cm³/mol. The van der Waals surface area contributed by atoms with E-state index in [1.807, 2.05) is 6.20 Å². The summed E-state index contributed by atoms with van der Waals surface area (Å²) in [4.78, 5) is 14.2. The molecule has 1 aromatic carbocycles. The molecule has 7 heteroatoms. The maximum Gasteiger partial charge on any atom is 0.191 e. The van der Waals surface area contributed by atoms with Crippen LogP contribution in [0, 0.1) is 6.92 Å².